The van der Waals surface area contributed by atoms with Gasteiger partial charge >= 0.3 is 12.1 Å². The standard InChI is InChI=1S/C20H20FNO4/c1-25-19(23)17-11-16(12-18(21)13-17)9-5-6-10-22-20(24)26-14-15-7-3-2-4-8-15/h2-5,7-9,11-13H,6,10,14H2,1H3,(H,22,24). The number of esters is 1. The molecule has 0 heterocycles. The van der Waals surface area contributed by atoms with E-state index in [9.17, 15) is 14.0 Å². The van der Waals surface area contributed by atoms with Crippen LogP contribution in [0.1, 0.15) is 27.9 Å². The van der Waals surface area contributed by atoms with Crippen molar-refractivity contribution in [1.82, 2.24) is 5.32 Å². The first-order valence-corrected chi connectivity index (χ1v) is 8.08. The van der Waals surface area contributed by atoms with Crippen LogP contribution in [0.5, 0.6) is 0 Å². The third-order valence-electron chi connectivity index (χ3n) is 3.44. The Balaban J connectivity index is 1.74. The normalized spacial score (nSPS) is 10.5. The number of rotatable bonds is 7. The first-order chi connectivity index (χ1) is 12.6. The molecule has 0 radical (unpaired) electrons. The van der Waals surface area contributed by atoms with Crippen LogP contribution in [0.25, 0.3) is 6.08 Å². The second kappa shape index (κ2) is 9.98. The van der Waals surface area contributed by atoms with E-state index in [-0.39, 0.29) is 12.2 Å². The van der Waals surface area contributed by atoms with Crippen molar-refractivity contribution in [3.63, 3.8) is 0 Å². The molecule has 1 amide bonds. The Morgan fingerprint density at radius 2 is 1.92 bits per heavy atom. The third kappa shape index (κ3) is 6.39. The van der Waals surface area contributed by atoms with Crippen LogP contribution in [0.4, 0.5) is 9.18 Å². The maximum atomic E-state index is 13.5. The SMILES string of the molecule is COC(=O)c1cc(F)cc(C=CCCNC(=O)OCc2ccccc2)c1. The average molecular weight is 357 g/mol. The Hall–Kier alpha value is -3.15. The second-order valence-corrected chi connectivity index (χ2v) is 5.44. The number of methoxy groups -OCH3 is 1. The molecule has 0 atom stereocenters. The molecule has 0 saturated heterocycles. The van der Waals surface area contributed by atoms with E-state index in [0.29, 0.717) is 18.5 Å². The lowest BCUT2D eigenvalue weighted by atomic mass is 10.1. The lowest BCUT2D eigenvalue weighted by Crippen LogP contribution is -2.24. The molecule has 0 aliphatic carbocycles. The number of amides is 1. The summed E-state index contributed by atoms with van der Waals surface area (Å²) < 4.78 is 23.2. The minimum absolute atomic E-state index is 0.148. The van der Waals surface area contributed by atoms with Crippen LogP contribution in [0.3, 0.4) is 0 Å². The van der Waals surface area contributed by atoms with Crippen LogP contribution in [0, 0.1) is 5.82 Å². The van der Waals surface area contributed by atoms with Gasteiger partial charge in [0.25, 0.3) is 0 Å². The molecule has 0 aliphatic heterocycles. The molecule has 2 rings (SSSR count). The number of carbonyl (C=O) groups excluding carboxylic acids is 2. The molecule has 6 heteroatoms. The predicted octanol–water partition coefficient (Wildman–Crippen LogP) is 3.94. The molecule has 0 aliphatic rings. The van der Waals surface area contributed by atoms with Gasteiger partial charge < -0.3 is 14.8 Å². The van der Waals surface area contributed by atoms with Crippen LogP contribution in [0.15, 0.2) is 54.6 Å². The van der Waals surface area contributed by atoms with Crippen LogP contribution >= 0.6 is 0 Å². The summed E-state index contributed by atoms with van der Waals surface area (Å²) in [5.74, 6) is -1.11. The molecule has 26 heavy (non-hydrogen) atoms. The number of alkyl carbamates (subject to hydrolysis) is 1. The van der Waals surface area contributed by atoms with Crippen molar-refractivity contribution in [2.75, 3.05) is 13.7 Å². The van der Waals surface area contributed by atoms with E-state index in [0.717, 1.165) is 11.6 Å². The van der Waals surface area contributed by atoms with E-state index in [2.05, 4.69) is 10.1 Å². The smallest absolute Gasteiger partial charge is 0.407 e. The average Bonchev–Trinajstić information content (AvgIpc) is 2.65. The van der Waals surface area contributed by atoms with Gasteiger partial charge in [-0.1, -0.05) is 42.5 Å². The number of benzene rings is 2. The minimum atomic E-state index is -0.595. The van der Waals surface area contributed by atoms with Crippen molar-refractivity contribution in [1.29, 1.82) is 0 Å². The van der Waals surface area contributed by atoms with E-state index in [1.807, 2.05) is 30.3 Å². The molecule has 2 aromatic carbocycles. The van der Waals surface area contributed by atoms with Crippen molar-refractivity contribution < 1.29 is 23.5 Å². The topological polar surface area (TPSA) is 64.6 Å². The van der Waals surface area contributed by atoms with Gasteiger partial charge in [-0.2, -0.15) is 0 Å². The molecule has 2 aromatic rings. The molecular weight excluding hydrogens is 337 g/mol. The van der Waals surface area contributed by atoms with Crippen molar-refractivity contribution in [3.05, 3.63) is 77.1 Å². The van der Waals surface area contributed by atoms with Gasteiger partial charge in [0.1, 0.15) is 12.4 Å². The highest BCUT2D eigenvalue weighted by atomic mass is 19.1. The monoisotopic (exact) mass is 357 g/mol. The third-order valence-corrected chi connectivity index (χ3v) is 3.44. The highest BCUT2D eigenvalue weighted by Crippen LogP contribution is 2.12. The van der Waals surface area contributed by atoms with E-state index >= 15 is 0 Å². The maximum Gasteiger partial charge on any atom is 0.407 e. The first kappa shape index (κ1) is 19.2. The molecule has 0 fully saturated rings. The highest BCUT2D eigenvalue weighted by molar-refractivity contribution is 5.90. The highest BCUT2D eigenvalue weighted by Gasteiger charge is 2.07. The zero-order valence-corrected chi connectivity index (χ0v) is 14.4. The molecule has 0 bridgehead atoms. The number of carbonyl (C=O) groups is 2. The van der Waals surface area contributed by atoms with Crippen molar-refractivity contribution in [2.45, 2.75) is 13.0 Å². The Kier molecular flexibility index (Phi) is 7.36. The van der Waals surface area contributed by atoms with E-state index in [1.54, 1.807) is 12.2 Å². The number of hydrogen-bond acceptors (Lipinski definition) is 4. The van der Waals surface area contributed by atoms with Gasteiger partial charge in [0, 0.05) is 6.54 Å². The largest absolute Gasteiger partial charge is 0.465 e. The van der Waals surface area contributed by atoms with Gasteiger partial charge in [-0.15, -0.1) is 0 Å². The second-order valence-electron chi connectivity index (χ2n) is 5.44. The zero-order chi connectivity index (χ0) is 18.8. The summed E-state index contributed by atoms with van der Waals surface area (Å²) >= 11 is 0. The van der Waals surface area contributed by atoms with E-state index < -0.39 is 17.9 Å². The molecule has 136 valence electrons. The molecule has 0 unspecified atom stereocenters. The fraction of sp³-hybridized carbons (Fsp3) is 0.200. The number of hydrogen-bond donors (Lipinski definition) is 1. The summed E-state index contributed by atoms with van der Waals surface area (Å²) in [6.07, 6.45) is 3.48. The summed E-state index contributed by atoms with van der Waals surface area (Å²) in [6.45, 7) is 0.589. The summed E-state index contributed by atoms with van der Waals surface area (Å²) in [4.78, 5) is 23.0. The first-order valence-electron chi connectivity index (χ1n) is 8.08. The maximum absolute atomic E-state index is 13.5. The summed E-state index contributed by atoms with van der Waals surface area (Å²) in [5, 5.41) is 2.63. The van der Waals surface area contributed by atoms with Gasteiger partial charge in [0.2, 0.25) is 0 Å². The minimum Gasteiger partial charge on any atom is -0.465 e. The summed E-state index contributed by atoms with van der Waals surface area (Å²) in [6, 6.07) is 13.3. The van der Waals surface area contributed by atoms with Gasteiger partial charge in [-0.3, -0.25) is 0 Å². The number of ether oxygens (including phenoxy) is 2. The van der Waals surface area contributed by atoms with Crippen LogP contribution in [-0.4, -0.2) is 25.7 Å². The van der Waals surface area contributed by atoms with Crippen LogP contribution in [0.2, 0.25) is 0 Å². The van der Waals surface area contributed by atoms with Crippen LogP contribution < -0.4 is 5.32 Å². The van der Waals surface area contributed by atoms with Crippen molar-refractivity contribution in [2.24, 2.45) is 0 Å². The molecule has 1 N–H and O–H groups in total. The van der Waals surface area contributed by atoms with Gasteiger partial charge in [-0.05, 0) is 35.7 Å². The van der Waals surface area contributed by atoms with E-state index in [1.165, 1.54) is 19.2 Å². The van der Waals surface area contributed by atoms with E-state index in [4.69, 9.17) is 4.74 Å². The molecule has 0 spiro atoms. The Morgan fingerprint density at radius 3 is 2.65 bits per heavy atom. The Morgan fingerprint density at radius 1 is 1.15 bits per heavy atom. The van der Waals surface area contributed by atoms with Gasteiger partial charge in [0.15, 0.2) is 0 Å². The predicted molar refractivity (Wildman–Crippen MR) is 96.0 cm³/mol. The van der Waals surface area contributed by atoms with Gasteiger partial charge in [-0.25, -0.2) is 14.0 Å². The summed E-state index contributed by atoms with van der Waals surface area (Å²) in [5.41, 5.74) is 1.60. The quantitative estimate of drug-likeness (QED) is 0.602. The lowest BCUT2D eigenvalue weighted by Gasteiger charge is -2.06. The molecular formula is C20H20FNO4. The Bertz CT molecular complexity index is 775. The van der Waals surface area contributed by atoms with Gasteiger partial charge in [0.05, 0.1) is 12.7 Å². The Labute approximate surface area is 151 Å². The zero-order valence-electron chi connectivity index (χ0n) is 14.4. The molecule has 5 nitrogen and oxygen atoms in total. The number of nitrogens with one attached hydrogen (secondary N) is 1. The van der Waals surface area contributed by atoms with Crippen molar-refractivity contribution >= 4 is 18.1 Å². The fourth-order valence-corrected chi connectivity index (χ4v) is 2.20. The van der Waals surface area contributed by atoms with Crippen molar-refractivity contribution in [3.8, 4) is 0 Å². The molecule has 0 saturated carbocycles. The number of halogens is 1. The molecule has 0 aromatic heterocycles. The fourth-order valence-electron chi connectivity index (χ4n) is 2.20. The summed E-state index contributed by atoms with van der Waals surface area (Å²) in [7, 11) is 1.24. The van der Waals surface area contributed by atoms with Crippen LogP contribution in [-0.2, 0) is 16.1 Å². The lowest BCUT2D eigenvalue weighted by molar-refractivity contribution is 0.0600.